The first-order valence-electron chi connectivity index (χ1n) is 17.4. The lowest BCUT2D eigenvalue weighted by atomic mass is 9.66. The van der Waals surface area contributed by atoms with E-state index in [9.17, 15) is 19.5 Å². The van der Waals surface area contributed by atoms with Crippen LogP contribution in [0.3, 0.4) is 0 Å². The maximum Gasteiger partial charge on any atom is 0.407 e. The molecule has 0 fully saturated rings. The van der Waals surface area contributed by atoms with Crippen molar-refractivity contribution in [2.45, 2.75) is 125 Å². The van der Waals surface area contributed by atoms with Crippen molar-refractivity contribution in [1.82, 2.24) is 10.6 Å². The van der Waals surface area contributed by atoms with E-state index in [1.165, 1.54) is 0 Å². The van der Waals surface area contributed by atoms with Crippen LogP contribution in [0.1, 0.15) is 105 Å². The van der Waals surface area contributed by atoms with Gasteiger partial charge in [0.2, 0.25) is 9.04 Å². The molecule has 2 amide bonds. The van der Waals surface area contributed by atoms with Gasteiger partial charge in [-0.15, -0.1) is 0 Å². The summed E-state index contributed by atoms with van der Waals surface area (Å²) in [6.45, 7) is 24.9. The Balaban J connectivity index is 3.44. The molecule has 1 radical (unpaired) electrons. The third-order valence-corrected chi connectivity index (χ3v) is 9.43. The predicted octanol–water partition coefficient (Wildman–Crippen LogP) is 7.58. The lowest BCUT2D eigenvalue weighted by Gasteiger charge is -2.45. The van der Waals surface area contributed by atoms with E-state index in [0.29, 0.717) is 37.5 Å². The van der Waals surface area contributed by atoms with Gasteiger partial charge in [0.05, 0.1) is 12.2 Å². The molecular weight excluding hydrogens is 628 g/mol. The Hall–Kier alpha value is -2.63. The number of unbranched alkanes of at least 4 members (excludes halogenated alkanes) is 1. The fourth-order valence-electron chi connectivity index (χ4n) is 5.85. The topological polar surface area (TPSA) is 132 Å². The van der Waals surface area contributed by atoms with Gasteiger partial charge in [0.25, 0.3) is 5.91 Å². The molecular formula is C37H65N2O8Si. The molecule has 0 aromatic heterocycles. The number of methoxy groups -OCH3 is 1. The molecule has 0 unspecified atom stereocenters. The number of nitrogens with one attached hydrogen (secondary N) is 2. The number of amides is 2. The zero-order chi connectivity index (χ0) is 36.9. The molecule has 3 N–H and O–H groups in total. The van der Waals surface area contributed by atoms with Crippen LogP contribution in [-0.2, 0) is 18.7 Å². The highest BCUT2D eigenvalue weighted by Crippen LogP contribution is 2.42. The molecule has 0 spiro atoms. The Bertz CT molecular complexity index is 1140. The Kier molecular flexibility index (Phi) is 17.7. The first-order chi connectivity index (χ1) is 22.1. The number of alkyl carbamates (subject to hydrolysis) is 1. The molecule has 1 aromatic rings. The molecule has 48 heavy (non-hydrogen) atoms. The summed E-state index contributed by atoms with van der Waals surface area (Å²) in [6, 6.07) is 6.73. The number of hydrogen-bond acceptors (Lipinski definition) is 7. The Morgan fingerprint density at radius 3 is 2.04 bits per heavy atom. The van der Waals surface area contributed by atoms with E-state index in [4.69, 9.17) is 18.6 Å². The number of benzene rings is 1. The summed E-state index contributed by atoms with van der Waals surface area (Å²) in [5.41, 5.74) is -2.11. The van der Waals surface area contributed by atoms with Crippen molar-refractivity contribution in [2.75, 3.05) is 26.9 Å². The number of carbonyl (C=O) groups is 3. The third kappa shape index (κ3) is 14.5. The van der Waals surface area contributed by atoms with Crippen LogP contribution >= 0.6 is 0 Å². The van der Waals surface area contributed by atoms with E-state index in [1.807, 2.05) is 59.8 Å². The molecule has 11 heteroatoms. The highest BCUT2D eigenvalue weighted by Gasteiger charge is 2.49. The lowest BCUT2D eigenvalue weighted by molar-refractivity contribution is -0.164. The zero-order valence-corrected chi connectivity index (χ0v) is 33.0. The van der Waals surface area contributed by atoms with E-state index < -0.39 is 43.8 Å². The van der Waals surface area contributed by atoms with E-state index in [0.717, 1.165) is 12.8 Å². The second kappa shape index (κ2) is 19.5. The molecule has 0 aliphatic carbocycles. The fraction of sp³-hybridized carbons (Fsp3) is 0.757. The molecule has 0 aliphatic heterocycles. The largest absolute Gasteiger partial charge is 0.493 e. The summed E-state index contributed by atoms with van der Waals surface area (Å²) in [4.78, 5) is 39.8. The van der Waals surface area contributed by atoms with Crippen LogP contribution in [0, 0.1) is 29.1 Å². The molecule has 1 aromatic carbocycles. The number of carboxylic acids is 1. The summed E-state index contributed by atoms with van der Waals surface area (Å²) in [5.74, 6) is -1.27. The van der Waals surface area contributed by atoms with Crippen molar-refractivity contribution < 1.29 is 38.1 Å². The van der Waals surface area contributed by atoms with Crippen LogP contribution in [-0.4, -0.2) is 76.2 Å². The van der Waals surface area contributed by atoms with Gasteiger partial charge in [0, 0.05) is 26.3 Å². The number of rotatable bonds is 20. The molecule has 4 atom stereocenters. The number of aliphatic carboxylic acids is 1. The Labute approximate surface area is 292 Å². The smallest absolute Gasteiger partial charge is 0.407 e. The molecule has 0 bridgehead atoms. The quantitative estimate of drug-likeness (QED) is 0.0941. The Morgan fingerprint density at radius 1 is 0.938 bits per heavy atom. The third-order valence-electron chi connectivity index (χ3n) is 8.66. The average Bonchev–Trinajstić information content (AvgIpc) is 2.94. The summed E-state index contributed by atoms with van der Waals surface area (Å²) in [7, 11) is 0.276. The maximum absolute atomic E-state index is 13.5. The minimum Gasteiger partial charge on any atom is -0.493 e. The summed E-state index contributed by atoms with van der Waals surface area (Å²) in [5, 5.41) is 16.9. The van der Waals surface area contributed by atoms with Crippen LogP contribution in [0.15, 0.2) is 24.3 Å². The summed E-state index contributed by atoms with van der Waals surface area (Å²) in [6.07, 6.45) is 1.80. The van der Waals surface area contributed by atoms with Crippen molar-refractivity contribution in [3.05, 3.63) is 29.8 Å². The first-order valence-corrected chi connectivity index (χ1v) is 19.8. The molecule has 0 heterocycles. The summed E-state index contributed by atoms with van der Waals surface area (Å²) < 4.78 is 23.1. The minimum absolute atomic E-state index is 0.0583. The average molecular weight is 694 g/mol. The first kappa shape index (κ1) is 43.4. The second-order valence-corrected chi connectivity index (χ2v) is 17.8. The highest BCUT2D eigenvalue weighted by atomic mass is 28.3. The van der Waals surface area contributed by atoms with Crippen LogP contribution in [0.2, 0.25) is 13.1 Å². The molecule has 0 aliphatic rings. The highest BCUT2D eigenvalue weighted by molar-refractivity contribution is 6.48. The standard InChI is InChI=1S/C37H65N2O8Si/c1-25(2)27(24-38-32(40)28-18-14-15-19-31(28)45-21-17-16-20-44-11)22-30(39-34(43)46-36(8,9)10)29(35(5,6)7)23-37(26(3)4,33(41)42)47-48(12)13/h14-15,18-19,25-27,29-30H,16-17,20-24H2,1-13H3,(H,38,40)(H,39,43)(H,41,42)/t27-,29-,30+,37+/m1/s1. The van der Waals surface area contributed by atoms with Crippen molar-refractivity contribution in [3.8, 4) is 5.75 Å². The number of para-hydroxylation sites is 1. The van der Waals surface area contributed by atoms with Crippen molar-refractivity contribution in [2.24, 2.45) is 29.1 Å². The second-order valence-electron chi connectivity index (χ2n) is 15.8. The van der Waals surface area contributed by atoms with E-state index in [-0.39, 0.29) is 36.0 Å². The lowest BCUT2D eigenvalue weighted by Crippen LogP contribution is -2.56. The van der Waals surface area contributed by atoms with Gasteiger partial charge in [-0.2, -0.15) is 0 Å². The van der Waals surface area contributed by atoms with Crippen LogP contribution in [0.5, 0.6) is 5.75 Å². The van der Waals surface area contributed by atoms with Crippen LogP contribution < -0.4 is 15.4 Å². The van der Waals surface area contributed by atoms with E-state index in [1.54, 1.807) is 19.2 Å². The van der Waals surface area contributed by atoms with Crippen molar-refractivity contribution in [1.29, 1.82) is 0 Å². The predicted molar refractivity (Wildman–Crippen MR) is 193 cm³/mol. The van der Waals surface area contributed by atoms with E-state index >= 15 is 0 Å². The normalized spacial score (nSPS) is 15.5. The molecule has 10 nitrogen and oxygen atoms in total. The number of carbonyl (C=O) groups excluding carboxylic acids is 2. The maximum atomic E-state index is 13.5. The minimum atomic E-state index is -1.43. The van der Waals surface area contributed by atoms with Gasteiger partial charge in [0.15, 0.2) is 5.60 Å². The Morgan fingerprint density at radius 2 is 1.54 bits per heavy atom. The van der Waals surface area contributed by atoms with Gasteiger partial charge in [-0.3, -0.25) is 4.79 Å². The molecule has 0 saturated heterocycles. The van der Waals surface area contributed by atoms with Crippen LogP contribution in [0.4, 0.5) is 4.79 Å². The molecule has 275 valence electrons. The van der Waals surface area contributed by atoms with E-state index in [2.05, 4.69) is 45.3 Å². The van der Waals surface area contributed by atoms with Crippen LogP contribution in [0.25, 0.3) is 0 Å². The van der Waals surface area contributed by atoms with Gasteiger partial charge < -0.3 is 34.4 Å². The molecule has 1 rings (SSSR count). The number of hydrogen-bond donors (Lipinski definition) is 3. The van der Waals surface area contributed by atoms with Gasteiger partial charge >= 0.3 is 12.1 Å². The van der Waals surface area contributed by atoms with Gasteiger partial charge in [-0.25, -0.2) is 9.59 Å². The van der Waals surface area contributed by atoms with Gasteiger partial charge in [0.1, 0.15) is 11.4 Å². The molecule has 0 saturated carbocycles. The number of ether oxygens (including phenoxy) is 3. The monoisotopic (exact) mass is 693 g/mol. The fourth-order valence-corrected chi connectivity index (χ4v) is 6.98. The summed E-state index contributed by atoms with van der Waals surface area (Å²) >= 11 is 0. The SMILES string of the molecule is COCCCCOc1ccccc1C(=O)NC[C@@H](C[C@H](NC(=O)OC(C)(C)C)[C@@H](C[C@@](O[Si](C)C)(C(=O)O)C(C)C)C(C)(C)C)C(C)C. The van der Waals surface area contributed by atoms with Crippen molar-refractivity contribution >= 4 is 27.0 Å². The van der Waals surface area contributed by atoms with Gasteiger partial charge in [-0.05, 0) is 101 Å². The zero-order valence-electron chi connectivity index (χ0n) is 32.0. The van der Waals surface area contributed by atoms with Gasteiger partial charge in [-0.1, -0.05) is 60.6 Å². The van der Waals surface area contributed by atoms with Crippen molar-refractivity contribution in [3.63, 3.8) is 0 Å². The number of carboxylic acid groups (broad SMARTS) is 1.